The number of carbonyl (C=O) groups excluding carboxylic acids is 1. The number of nitrogens with one attached hydrogen (secondary N) is 2. The Morgan fingerprint density at radius 1 is 1.50 bits per heavy atom. The number of carbonyl (C=O) groups is 1. The van der Waals surface area contributed by atoms with Gasteiger partial charge < -0.3 is 20.5 Å². The molecule has 0 spiro atoms. The van der Waals surface area contributed by atoms with Gasteiger partial charge in [0, 0.05) is 10.6 Å². The Morgan fingerprint density at radius 3 is 2.50 bits per heavy atom. The number of rotatable bonds is 6. The van der Waals surface area contributed by atoms with Crippen LogP contribution in [-0.4, -0.2) is 39.9 Å². The van der Waals surface area contributed by atoms with Crippen molar-refractivity contribution in [2.75, 3.05) is 13.2 Å². The molecule has 5 nitrogen and oxygen atoms in total. The van der Waals surface area contributed by atoms with Crippen molar-refractivity contribution in [1.82, 2.24) is 10.3 Å². The maximum atomic E-state index is 11.9. The maximum absolute atomic E-state index is 11.9. The van der Waals surface area contributed by atoms with Crippen molar-refractivity contribution in [2.24, 2.45) is 0 Å². The summed E-state index contributed by atoms with van der Waals surface area (Å²) < 4.78 is 0.640. The second-order valence-corrected chi connectivity index (χ2v) is 6.01. The highest BCUT2D eigenvalue weighted by Gasteiger charge is 2.28. The number of H-pyrrole nitrogens is 1. The van der Waals surface area contributed by atoms with E-state index in [4.69, 9.17) is 12.2 Å². The quantitative estimate of drug-likeness (QED) is 0.587. The van der Waals surface area contributed by atoms with Gasteiger partial charge in [-0.3, -0.25) is 4.79 Å². The molecule has 0 aliphatic rings. The second-order valence-electron chi connectivity index (χ2n) is 4.24. The second kappa shape index (κ2) is 6.42. The van der Waals surface area contributed by atoms with Crippen molar-refractivity contribution in [3.05, 3.63) is 14.5 Å². The Morgan fingerprint density at radius 2 is 2.11 bits per heavy atom. The number of aliphatic hydroxyl groups excluding tert-OH is 2. The molecule has 18 heavy (non-hydrogen) atoms. The first-order valence-corrected chi connectivity index (χ1v) is 6.90. The Kier molecular flexibility index (Phi) is 5.46. The molecule has 0 bridgehead atoms. The molecule has 1 rings (SSSR count). The fraction of sp³-hybridized carbons (Fsp3) is 0.636. The van der Waals surface area contributed by atoms with Gasteiger partial charge in [-0.05, 0) is 25.6 Å². The Hall–Kier alpha value is -0.760. The van der Waals surface area contributed by atoms with Gasteiger partial charge >= 0.3 is 0 Å². The summed E-state index contributed by atoms with van der Waals surface area (Å²) in [6.07, 6.45) is 0.666. The zero-order valence-corrected chi connectivity index (χ0v) is 12.1. The summed E-state index contributed by atoms with van der Waals surface area (Å²) in [4.78, 5) is 15.7. The average Bonchev–Trinajstić information content (AvgIpc) is 2.65. The molecule has 0 fully saturated rings. The number of amides is 1. The highest BCUT2D eigenvalue weighted by molar-refractivity contribution is 7.73. The van der Waals surface area contributed by atoms with E-state index in [1.54, 1.807) is 6.92 Å². The lowest BCUT2D eigenvalue weighted by atomic mass is 9.98. The molecule has 4 N–H and O–H groups in total. The van der Waals surface area contributed by atoms with E-state index in [2.05, 4.69) is 10.3 Å². The average molecular weight is 290 g/mol. The first-order valence-electron chi connectivity index (χ1n) is 5.67. The minimum Gasteiger partial charge on any atom is -0.394 e. The number of thiazole rings is 1. The molecular weight excluding hydrogens is 272 g/mol. The van der Waals surface area contributed by atoms with E-state index in [-0.39, 0.29) is 25.5 Å². The molecule has 0 radical (unpaired) electrons. The Labute approximate surface area is 115 Å². The molecule has 0 atom stereocenters. The fourth-order valence-corrected chi connectivity index (χ4v) is 2.82. The molecule has 0 saturated heterocycles. The minimum atomic E-state index is -0.942. The van der Waals surface area contributed by atoms with Gasteiger partial charge in [-0.15, -0.1) is 11.3 Å². The molecular formula is C11H18N2O3S2. The minimum absolute atomic E-state index is 0.200. The Bertz CT molecular complexity index is 455. The van der Waals surface area contributed by atoms with Crippen LogP contribution in [0.5, 0.6) is 0 Å². The van der Waals surface area contributed by atoms with Crippen LogP contribution in [0.4, 0.5) is 0 Å². The van der Waals surface area contributed by atoms with Crippen molar-refractivity contribution >= 4 is 29.5 Å². The lowest BCUT2D eigenvalue weighted by Crippen LogP contribution is -2.54. The zero-order chi connectivity index (χ0) is 13.8. The van der Waals surface area contributed by atoms with E-state index in [9.17, 15) is 15.0 Å². The summed E-state index contributed by atoms with van der Waals surface area (Å²) >= 11 is 6.37. The maximum Gasteiger partial charge on any atom is 0.225 e. The SMILES string of the molecule is CCC(CO)(CO)NC(=O)Cc1sc(=S)[nH]c1C. The summed E-state index contributed by atoms with van der Waals surface area (Å²) in [7, 11) is 0. The lowest BCUT2D eigenvalue weighted by molar-refractivity contribution is -0.123. The van der Waals surface area contributed by atoms with Gasteiger partial charge in [-0.25, -0.2) is 0 Å². The number of hydrogen-bond donors (Lipinski definition) is 4. The van der Waals surface area contributed by atoms with Crippen LogP contribution in [0.25, 0.3) is 0 Å². The van der Waals surface area contributed by atoms with E-state index in [1.807, 2.05) is 6.92 Å². The standard InChI is InChI=1S/C11H18N2O3S2/c1-3-11(5-14,6-15)13-9(16)4-8-7(2)12-10(17)18-8/h14-15H,3-6H2,1-2H3,(H,12,17)(H,13,16). The van der Waals surface area contributed by atoms with Gasteiger partial charge in [0.05, 0.1) is 25.2 Å². The van der Waals surface area contributed by atoms with E-state index >= 15 is 0 Å². The predicted octanol–water partition coefficient (Wildman–Crippen LogP) is 0.906. The third-order valence-corrected chi connectivity index (χ3v) is 4.27. The van der Waals surface area contributed by atoms with Crippen molar-refractivity contribution in [1.29, 1.82) is 0 Å². The van der Waals surface area contributed by atoms with Crippen LogP contribution in [0.3, 0.4) is 0 Å². The number of aromatic amines is 1. The summed E-state index contributed by atoms with van der Waals surface area (Å²) in [5, 5.41) is 21.2. The molecule has 0 aromatic carbocycles. The largest absolute Gasteiger partial charge is 0.394 e. The topological polar surface area (TPSA) is 85.3 Å². The van der Waals surface area contributed by atoms with Gasteiger partial charge in [-0.2, -0.15) is 0 Å². The van der Waals surface area contributed by atoms with E-state index in [1.165, 1.54) is 11.3 Å². The number of aliphatic hydroxyl groups is 2. The van der Waals surface area contributed by atoms with Crippen molar-refractivity contribution in [3.8, 4) is 0 Å². The lowest BCUT2D eigenvalue weighted by Gasteiger charge is -2.29. The smallest absolute Gasteiger partial charge is 0.225 e. The molecule has 1 aromatic heterocycles. The number of aryl methyl sites for hydroxylation is 1. The third-order valence-electron chi connectivity index (χ3n) is 2.93. The van der Waals surface area contributed by atoms with E-state index < -0.39 is 5.54 Å². The molecule has 0 unspecified atom stereocenters. The molecule has 0 saturated carbocycles. The van der Waals surface area contributed by atoms with Crippen LogP contribution < -0.4 is 5.32 Å². The summed E-state index contributed by atoms with van der Waals surface area (Å²) in [5.74, 6) is -0.228. The molecule has 102 valence electrons. The van der Waals surface area contributed by atoms with Crippen LogP contribution in [0.1, 0.15) is 23.9 Å². The fourth-order valence-electron chi connectivity index (χ4n) is 1.53. The summed E-state index contributed by atoms with van der Waals surface area (Å²) in [5.41, 5.74) is -0.0572. The van der Waals surface area contributed by atoms with Crippen molar-refractivity contribution in [3.63, 3.8) is 0 Å². The monoisotopic (exact) mass is 290 g/mol. The van der Waals surface area contributed by atoms with Gasteiger partial charge in [-0.1, -0.05) is 6.92 Å². The molecule has 1 aromatic rings. The predicted molar refractivity (Wildman–Crippen MR) is 73.3 cm³/mol. The van der Waals surface area contributed by atoms with Crippen LogP contribution in [0.15, 0.2) is 0 Å². The van der Waals surface area contributed by atoms with Crippen LogP contribution in [0, 0.1) is 10.9 Å². The number of aromatic nitrogens is 1. The first kappa shape index (κ1) is 15.3. The van der Waals surface area contributed by atoms with Gasteiger partial charge in [0.15, 0.2) is 3.95 Å². The molecule has 7 heteroatoms. The normalized spacial score (nSPS) is 11.6. The van der Waals surface area contributed by atoms with Crippen LogP contribution in [-0.2, 0) is 11.2 Å². The Balaban J connectivity index is 2.72. The highest BCUT2D eigenvalue weighted by atomic mass is 32.1. The summed E-state index contributed by atoms with van der Waals surface area (Å²) in [6, 6.07) is 0. The van der Waals surface area contributed by atoms with Gasteiger partial charge in [0.25, 0.3) is 0 Å². The van der Waals surface area contributed by atoms with Gasteiger partial charge in [0.2, 0.25) is 5.91 Å². The molecule has 1 heterocycles. The van der Waals surface area contributed by atoms with Crippen LogP contribution in [0.2, 0.25) is 0 Å². The van der Waals surface area contributed by atoms with Crippen molar-refractivity contribution < 1.29 is 15.0 Å². The zero-order valence-electron chi connectivity index (χ0n) is 10.4. The summed E-state index contributed by atoms with van der Waals surface area (Å²) in [6.45, 7) is 3.10. The van der Waals surface area contributed by atoms with Crippen LogP contribution >= 0.6 is 23.6 Å². The first-order chi connectivity index (χ1) is 8.46. The highest BCUT2D eigenvalue weighted by Crippen LogP contribution is 2.16. The molecule has 1 amide bonds. The van der Waals surface area contributed by atoms with Crippen molar-refractivity contribution in [2.45, 2.75) is 32.2 Å². The molecule has 0 aliphatic heterocycles. The van der Waals surface area contributed by atoms with E-state index in [0.717, 1.165) is 10.6 Å². The van der Waals surface area contributed by atoms with Gasteiger partial charge in [0.1, 0.15) is 0 Å². The number of hydrogen-bond acceptors (Lipinski definition) is 5. The third kappa shape index (κ3) is 3.61. The molecule has 0 aliphatic carbocycles. The van der Waals surface area contributed by atoms with E-state index in [0.29, 0.717) is 10.4 Å².